The van der Waals surface area contributed by atoms with Gasteiger partial charge in [-0.25, -0.2) is 9.18 Å². The minimum absolute atomic E-state index is 0.0239. The number of nitrogens with zero attached hydrogens (tertiary/aromatic N) is 1. The lowest BCUT2D eigenvalue weighted by Gasteiger charge is -2.21. The van der Waals surface area contributed by atoms with Crippen molar-refractivity contribution in [2.75, 3.05) is 4.90 Å². The second-order valence-electron chi connectivity index (χ2n) is 6.49. The smallest absolute Gasteiger partial charge is 0.416 e. The molecule has 0 unspecified atom stereocenters. The Bertz CT molecular complexity index is 917. The van der Waals surface area contributed by atoms with E-state index in [9.17, 15) is 27.2 Å². The van der Waals surface area contributed by atoms with Crippen molar-refractivity contribution in [3.8, 4) is 0 Å². The van der Waals surface area contributed by atoms with Gasteiger partial charge in [-0.3, -0.25) is 4.79 Å². The number of carboxylic acids is 1. The zero-order chi connectivity index (χ0) is 19.4. The number of carboxylic acid groups (broad SMARTS) is 1. The quantitative estimate of drug-likeness (QED) is 0.793. The lowest BCUT2D eigenvalue weighted by atomic mass is 9.93. The first-order valence-electron chi connectivity index (χ1n) is 7.47. The normalized spacial score (nSPS) is 16.1. The van der Waals surface area contributed by atoms with E-state index in [2.05, 4.69) is 0 Å². The second kappa shape index (κ2) is 5.80. The molecule has 0 atom stereocenters. The lowest BCUT2D eigenvalue weighted by Crippen LogP contribution is -2.36. The van der Waals surface area contributed by atoms with Gasteiger partial charge in [0.05, 0.1) is 23.2 Å². The molecule has 3 rings (SSSR count). The zero-order valence-corrected chi connectivity index (χ0v) is 14.5. The van der Waals surface area contributed by atoms with Crippen molar-refractivity contribution in [2.24, 2.45) is 0 Å². The summed E-state index contributed by atoms with van der Waals surface area (Å²) >= 11 is 0.950. The van der Waals surface area contributed by atoms with Gasteiger partial charge >= 0.3 is 12.1 Å². The van der Waals surface area contributed by atoms with Crippen LogP contribution in [0.5, 0.6) is 0 Å². The van der Waals surface area contributed by atoms with Crippen LogP contribution in [0.1, 0.15) is 39.5 Å². The first-order chi connectivity index (χ1) is 11.9. The first kappa shape index (κ1) is 18.4. The number of carbonyl (C=O) groups is 2. The number of amides is 1. The lowest BCUT2D eigenvalue weighted by molar-refractivity contribution is -0.137. The van der Waals surface area contributed by atoms with E-state index in [-0.39, 0.29) is 22.9 Å². The van der Waals surface area contributed by atoms with Crippen LogP contribution >= 0.6 is 11.3 Å². The molecular formula is C17H13F4NO3S. The Morgan fingerprint density at radius 3 is 2.46 bits per heavy atom. The number of halogens is 4. The number of aromatic carboxylic acids is 1. The third kappa shape index (κ3) is 2.96. The number of carbonyl (C=O) groups excluding carboxylic acids is 1. The van der Waals surface area contributed by atoms with Gasteiger partial charge in [0.2, 0.25) is 5.91 Å². The Hall–Kier alpha value is -2.42. The topological polar surface area (TPSA) is 57.6 Å². The fourth-order valence-corrected chi connectivity index (χ4v) is 4.02. The van der Waals surface area contributed by atoms with Gasteiger partial charge in [0.15, 0.2) is 0 Å². The van der Waals surface area contributed by atoms with Gasteiger partial charge in [-0.05, 0) is 43.7 Å². The fraction of sp³-hybridized carbons (Fsp3) is 0.294. The summed E-state index contributed by atoms with van der Waals surface area (Å²) in [5, 5.41) is 9.15. The number of benzene rings is 1. The van der Waals surface area contributed by atoms with E-state index >= 15 is 0 Å². The molecule has 0 aliphatic carbocycles. The van der Waals surface area contributed by atoms with Crippen LogP contribution in [-0.4, -0.2) is 17.0 Å². The Morgan fingerprint density at radius 1 is 1.23 bits per heavy atom. The number of rotatable bonds is 3. The van der Waals surface area contributed by atoms with Crippen LogP contribution in [0, 0.1) is 5.82 Å². The van der Waals surface area contributed by atoms with Crippen LogP contribution in [0.2, 0.25) is 0 Å². The Balaban J connectivity index is 2.03. The molecule has 2 aromatic rings. The number of hydrogen-bond acceptors (Lipinski definition) is 3. The third-order valence-corrected chi connectivity index (χ3v) is 5.62. The summed E-state index contributed by atoms with van der Waals surface area (Å²) < 4.78 is 52.3. The molecule has 1 aliphatic heterocycles. The summed E-state index contributed by atoms with van der Waals surface area (Å²) in [6, 6.07) is 3.42. The van der Waals surface area contributed by atoms with E-state index in [4.69, 9.17) is 5.11 Å². The van der Waals surface area contributed by atoms with E-state index in [0.29, 0.717) is 16.6 Å². The zero-order valence-electron chi connectivity index (χ0n) is 13.6. The van der Waals surface area contributed by atoms with Crippen LogP contribution in [0.25, 0.3) is 0 Å². The molecule has 1 aromatic carbocycles. The predicted molar refractivity (Wildman–Crippen MR) is 86.9 cm³/mol. The van der Waals surface area contributed by atoms with Crippen LogP contribution in [0.4, 0.5) is 23.2 Å². The van der Waals surface area contributed by atoms with Gasteiger partial charge in [0.25, 0.3) is 0 Å². The average Bonchev–Trinajstić information content (AvgIpc) is 3.02. The van der Waals surface area contributed by atoms with E-state index < -0.39 is 28.9 Å². The maximum absolute atomic E-state index is 13.6. The molecule has 2 heterocycles. The van der Waals surface area contributed by atoms with Crippen molar-refractivity contribution in [3.63, 3.8) is 0 Å². The summed E-state index contributed by atoms with van der Waals surface area (Å²) in [5.41, 5.74) is -1.85. The molecule has 1 aromatic heterocycles. The molecule has 26 heavy (non-hydrogen) atoms. The van der Waals surface area contributed by atoms with Crippen molar-refractivity contribution >= 4 is 28.9 Å². The van der Waals surface area contributed by atoms with Crippen molar-refractivity contribution in [1.29, 1.82) is 0 Å². The molecule has 4 nitrogen and oxygen atoms in total. The highest BCUT2D eigenvalue weighted by molar-refractivity contribution is 7.15. The van der Waals surface area contributed by atoms with Crippen LogP contribution in [0.3, 0.4) is 0 Å². The predicted octanol–water partition coefficient (Wildman–Crippen LogP) is 4.43. The highest BCUT2D eigenvalue weighted by Crippen LogP contribution is 2.47. The highest BCUT2D eigenvalue weighted by Gasteiger charge is 2.46. The summed E-state index contributed by atoms with van der Waals surface area (Å²) in [6.45, 7) is 2.94. The largest absolute Gasteiger partial charge is 0.477 e. The molecule has 0 spiro atoms. The van der Waals surface area contributed by atoms with Gasteiger partial charge in [-0.15, -0.1) is 11.3 Å². The molecule has 138 valence electrons. The van der Waals surface area contributed by atoms with Crippen molar-refractivity contribution in [2.45, 2.75) is 32.0 Å². The number of thiophene rings is 1. The Morgan fingerprint density at radius 2 is 1.88 bits per heavy atom. The Labute approximate surface area is 149 Å². The maximum atomic E-state index is 13.6. The maximum Gasteiger partial charge on any atom is 0.416 e. The number of anilines is 1. The number of fused-ring (bicyclic) bond motifs is 1. The molecule has 1 N–H and O–H groups in total. The molecule has 0 bridgehead atoms. The molecule has 0 saturated carbocycles. The molecular weight excluding hydrogens is 374 g/mol. The van der Waals surface area contributed by atoms with E-state index in [1.807, 2.05) is 0 Å². The monoisotopic (exact) mass is 387 g/mol. The van der Waals surface area contributed by atoms with Gasteiger partial charge in [0, 0.05) is 4.88 Å². The van der Waals surface area contributed by atoms with Crippen molar-refractivity contribution < 1.29 is 32.3 Å². The SMILES string of the molecule is CC1(C)C(=O)N(Cc2cc(F)cc(C(F)(F)F)c2)c2cc(C(=O)O)sc21. The minimum atomic E-state index is -4.71. The van der Waals surface area contributed by atoms with Gasteiger partial charge in [-0.2, -0.15) is 13.2 Å². The molecule has 1 amide bonds. The van der Waals surface area contributed by atoms with E-state index in [1.54, 1.807) is 13.8 Å². The molecule has 9 heteroatoms. The molecule has 0 saturated heterocycles. The standard InChI is InChI=1S/C17H13F4NO3S/c1-16(2)13-11(6-12(26-13)14(23)24)22(15(16)25)7-8-3-9(17(19,20)21)5-10(18)4-8/h3-6H,7H2,1-2H3,(H,23,24). The van der Waals surface area contributed by atoms with Gasteiger partial charge < -0.3 is 10.0 Å². The summed E-state index contributed by atoms with van der Waals surface area (Å²) in [4.78, 5) is 25.6. The van der Waals surface area contributed by atoms with Crippen molar-refractivity contribution in [1.82, 2.24) is 0 Å². The third-order valence-electron chi connectivity index (χ3n) is 4.19. The summed E-state index contributed by atoms with van der Waals surface area (Å²) in [7, 11) is 0. The van der Waals surface area contributed by atoms with Crippen LogP contribution in [0.15, 0.2) is 24.3 Å². The van der Waals surface area contributed by atoms with Crippen LogP contribution < -0.4 is 4.90 Å². The van der Waals surface area contributed by atoms with Crippen molar-refractivity contribution in [3.05, 3.63) is 51.0 Å². The summed E-state index contributed by atoms with van der Waals surface area (Å²) in [5.74, 6) is -2.59. The average molecular weight is 387 g/mol. The number of alkyl halides is 3. The second-order valence-corrected chi connectivity index (χ2v) is 7.54. The van der Waals surface area contributed by atoms with Gasteiger partial charge in [-0.1, -0.05) is 0 Å². The summed E-state index contributed by atoms with van der Waals surface area (Å²) in [6.07, 6.45) is -4.71. The highest BCUT2D eigenvalue weighted by atomic mass is 32.1. The molecule has 0 fully saturated rings. The molecule has 0 radical (unpaired) electrons. The minimum Gasteiger partial charge on any atom is -0.477 e. The van der Waals surface area contributed by atoms with E-state index in [1.165, 1.54) is 11.0 Å². The van der Waals surface area contributed by atoms with Gasteiger partial charge in [0.1, 0.15) is 10.7 Å². The number of hydrogen-bond donors (Lipinski definition) is 1. The van der Waals surface area contributed by atoms with E-state index in [0.717, 1.165) is 23.5 Å². The fourth-order valence-electron chi connectivity index (χ4n) is 2.92. The first-order valence-corrected chi connectivity index (χ1v) is 8.29. The Kier molecular flexibility index (Phi) is 4.10. The molecule has 1 aliphatic rings. The van der Waals surface area contributed by atoms with Crippen LogP contribution in [-0.2, 0) is 22.9 Å².